The van der Waals surface area contributed by atoms with Gasteiger partial charge in [0.15, 0.2) is 11.2 Å². The van der Waals surface area contributed by atoms with Crippen molar-refractivity contribution in [1.29, 1.82) is 0 Å². The van der Waals surface area contributed by atoms with E-state index < -0.39 is 34.1 Å². The first-order chi connectivity index (χ1) is 28.4. The normalized spacial score (nSPS) is 28.3. The van der Waals surface area contributed by atoms with E-state index in [1.165, 1.54) is 0 Å². The quantitative estimate of drug-likeness (QED) is 0.0688. The van der Waals surface area contributed by atoms with Crippen LogP contribution in [-0.2, 0) is 32.6 Å². The molecule has 1 spiro atoms. The van der Waals surface area contributed by atoms with Gasteiger partial charge in [-0.05, 0) is 87.9 Å². The fourth-order valence-electron chi connectivity index (χ4n) is 10.7. The van der Waals surface area contributed by atoms with Gasteiger partial charge in [-0.2, -0.15) is 0 Å². The number of fused-ring (bicyclic) bond motifs is 7. The number of nitrogens with two attached hydrogens (primary N) is 1. The van der Waals surface area contributed by atoms with Crippen LogP contribution in [0.4, 0.5) is 5.82 Å². The molecule has 1 amide bonds. The Balaban J connectivity index is 1.27. The fourth-order valence-corrected chi connectivity index (χ4v) is 13.3. The first-order valence-corrected chi connectivity index (χ1v) is 23.4. The number of pyridine rings is 1. The van der Waals surface area contributed by atoms with Gasteiger partial charge in [-0.25, -0.2) is 14.6 Å². The van der Waals surface area contributed by atoms with Crippen LogP contribution in [0.2, 0.25) is 0 Å². The van der Waals surface area contributed by atoms with Crippen LogP contribution in [-0.4, -0.2) is 94.1 Å². The highest BCUT2D eigenvalue weighted by Gasteiger charge is 2.64. The van der Waals surface area contributed by atoms with Gasteiger partial charge in [0, 0.05) is 96.8 Å². The Morgan fingerprint density at radius 1 is 1.17 bits per heavy atom. The van der Waals surface area contributed by atoms with Gasteiger partial charge < -0.3 is 40.1 Å². The minimum atomic E-state index is -1.21. The maximum atomic E-state index is 14.2. The second-order valence-electron chi connectivity index (χ2n) is 17.3. The summed E-state index contributed by atoms with van der Waals surface area (Å²) in [6.07, 6.45) is 10.1. The number of ether oxygens (including phenoxy) is 2. The van der Waals surface area contributed by atoms with E-state index in [2.05, 4.69) is 16.4 Å². The molecule has 2 aromatic heterocycles. The molecular weight excluding hydrogens is 789 g/mol. The van der Waals surface area contributed by atoms with Gasteiger partial charge in [0.2, 0.25) is 5.91 Å². The Bertz CT molecular complexity index is 2250. The molecule has 6 atom stereocenters. The van der Waals surface area contributed by atoms with E-state index in [-0.39, 0.29) is 37.5 Å². The minimum Gasteiger partial charge on any atom is -0.481 e. The number of carbonyl (C=O) groups excluding carboxylic acids is 2. The fraction of sp³-hybridized carbons (Fsp3) is 0.556. The molecule has 0 bridgehead atoms. The van der Waals surface area contributed by atoms with Gasteiger partial charge in [0.1, 0.15) is 17.2 Å². The molecule has 2 aliphatic carbocycles. The average molecular weight is 845 g/mol. The Morgan fingerprint density at radius 3 is 2.69 bits per heavy atom. The van der Waals surface area contributed by atoms with Gasteiger partial charge in [-0.1, -0.05) is 52.2 Å². The average Bonchev–Trinajstić information content (AvgIpc) is 3.85. The predicted molar refractivity (Wildman–Crippen MR) is 232 cm³/mol. The molecular formula is C45H56N4O8S2. The number of anilines is 1. The second-order valence-corrected chi connectivity index (χ2v) is 19.8. The minimum absolute atomic E-state index is 0.0322. The molecule has 59 heavy (non-hydrogen) atoms. The van der Waals surface area contributed by atoms with Crippen LogP contribution in [0.25, 0.3) is 11.0 Å². The van der Waals surface area contributed by atoms with Crippen molar-refractivity contribution in [1.82, 2.24) is 15.2 Å². The summed E-state index contributed by atoms with van der Waals surface area (Å²) in [5.41, 5.74) is 7.91. The van der Waals surface area contributed by atoms with Crippen LogP contribution in [0.15, 0.2) is 63.0 Å². The second kappa shape index (κ2) is 16.6. The number of rotatable bonds is 9. The SMILES string of the molecule is C/C=C(\C)C(=O)O[C@]1(C)CC=C2CSSC[C@@H]3[C@@H](CNC)CN3C(=O)Cc3cnc(N)cc3[C@H]2[C@]12Cc1cc3cc(C4([C@H](CO)CCO)CCCC4)c(=O)oc3cc1O2. The lowest BCUT2D eigenvalue weighted by Gasteiger charge is -2.52. The van der Waals surface area contributed by atoms with E-state index in [0.29, 0.717) is 65.8 Å². The van der Waals surface area contributed by atoms with Crippen LogP contribution in [0.5, 0.6) is 5.75 Å². The number of amides is 1. The number of aromatic nitrogens is 1. The van der Waals surface area contributed by atoms with Crippen LogP contribution in [0.3, 0.4) is 0 Å². The number of esters is 1. The summed E-state index contributed by atoms with van der Waals surface area (Å²) < 4.78 is 20.1. The molecule has 3 aliphatic heterocycles. The van der Waals surface area contributed by atoms with E-state index in [4.69, 9.17) is 19.6 Å². The zero-order chi connectivity index (χ0) is 41.7. The third-order valence-corrected chi connectivity index (χ3v) is 16.5. The summed E-state index contributed by atoms with van der Waals surface area (Å²) in [7, 11) is 5.47. The molecule has 5 heterocycles. The van der Waals surface area contributed by atoms with Crippen LogP contribution >= 0.6 is 21.6 Å². The smallest absolute Gasteiger partial charge is 0.340 e. The van der Waals surface area contributed by atoms with Crippen molar-refractivity contribution in [3.8, 4) is 5.75 Å². The molecule has 0 radical (unpaired) electrons. The van der Waals surface area contributed by atoms with E-state index in [9.17, 15) is 24.6 Å². The number of hydrogen-bond donors (Lipinski definition) is 4. The topological polar surface area (TPSA) is 177 Å². The molecule has 8 rings (SSSR count). The summed E-state index contributed by atoms with van der Waals surface area (Å²) in [4.78, 5) is 48.4. The highest BCUT2D eigenvalue weighted by atomic mass is 33.1. The lowest BCUT2D eigenvalue weighted by atomic mass is 9.61. The number of hydrogen-bond acceptors (Lipinski definition) is 13. The third-order valence-electron chi connectivity index (χ3n) is 14.1. The van der Waals surface area contributed by atoms with Crippen molar-refractivity contribution in [2.45, 2.75) is 101 Å². The Kier molecular flexibility index (Phi) is 11.8. The number of benzene rings is 1. The molecule has 2 fully saturated rings. The van der Waals surface area contributed by atoms with Gasteiger partial charge in [0.05, 0.1) is 12.3 Å². The lowest BCUT2D eigenvalue weighted by molar-refractivity contribution is -0.183. The standard InChI is InChI=1S/C45H56N4O8S2/c1-5-26(2)41(53)57-43(3)12-8-27-24-58-59-25-35-31(20-47-4)22-49(35)39(52)16-30-21-48-38(46)17-33(30)40(27)45(43)19-29-14-28-15-34(42(54)55-36(28)18-37(29)56-45)44(10-6-7-11-44)32(23-51)9-13-50/h5,8,14-15,17-18,21,31-32,35,40,47,50-51H,6-7,9-13,16,19-20,22-25H2,1-4H3,(H2,46,48)/b26-5+/t31-,32-,35+,40-,43+,45+/m0/s1. The van der Waals surface area contributed by atoms with Gasteiger partial charge in [0.25, 0.3) is 0 Å². The number of nitrogen functional groups attached to an aromatic ring is 1. The van der Waals surface area contributed by atoms with E-state index in [0.717, 1.165) is 65.6 Å². The zero-order valence-electron chi connectivity index (χ0n) is 34.4. The Labute approximate surface area is 353 Å². The lowest BCUT2D eigenvalue weighted by Crippen LogP contribution is -2.64. The number of carbonyl (C=O) groups is 2. The van der Waals surface area contributed by atoms with Crippen LogP contribution in [0, 0.1) is 11.8 Å². The summed E-state index contributed by atoms with van der Waals surface area (Å²) in [5.74, 6) is 1.48. The van der Waals surface area contributed by atoms with Crippen molar-refractivity contribution in [3.63, 3.8) is 0 Å². The number of aliphatic hydroxyl groups is 2. The summed E-state index contributed by atoms with van der Waals surface area (Å²) in [5, 5.41) is 24.4. The van der Waals surface area contributed by atoms with Crippen molar-refractivity contribution >= 4 is 50.3 Å². The molecule has 5 N–H and O–H groups in total. The largest absolute Gasteiger partial charge is 0.481 e. The number of nitrogens with one attached hydrogen (secondary N) is 1. The van der Waals surface area contributed by atoms with E-state index >= 15 is 0 Å². The van der Waals surface area contributed by atoms with E-state index in [1.807, 2.05) is 37.1 Å². The van der Waals surface area contributed by atoms with Gasteiger partial charge in [-0.3, -0.25) is 4.79 Å². The zero-order valence-corrected chi connectivity index (χ0v) is 36.0. The highest BCUT2D eigenvalue weighted by molar-refractivity contribution is 8.76. The molecule has 12 nitrogen and oxygen atoms in total. The predicted octanol–water partition coefficient (Wildman–Crippen LogP) is 5.61. The van der Waals surface area contributed by atoms with E-state index in [1.54, 1.807) is 53.8 Å². The van der Waals surface area contributed by atoms with Crippen LogP contribution < -0.4 is 21.4 Å². The molecule has 14 heteroatoms. The number of allylic oxidation sites excluding steroid dienone is 1. The third kappa shape index (κ3) is 7.20. The molecule has 1 aromatic carbocycles. The molecule has 3 aromatic rings. The first kappa shape index (κ1) is 41.9. The van der Waals surface area contributed by atoms with Crippen molar-refractivity contribution in [2.75, 3.05) is 50.6 Å². The Morgan fingerprint density at radius 2 is 1.97 bits per heavy atom. The summed E-state index contributed by atoms with van der Waals surface area (Å²) in [6.45, 7) is 6.79. The maximum Gasteiger partial charge on any atom is 0.340 e. The summed E-state index contributed by atoms with van der Waals surface area (Å²) in [6, 6.07) is 7.70. The van der Waals surface area contributed by atoms with Crippen molar-refractivity contribution in [2.24, 2.45) is 11.8 Å². The number of aliphatic hydroxyl groups excluding tert-OH is 2. The van der Waals surface area contributed by atoms with Gasteiger partial charge in [-0.15, -0.1) is 0 Å². The molecule has 5 aliphatic rings. The first-order valence-electron chi connectivity index (χ1n) is 20.9. The molecule has 316 valence electrons. The van der Waals surface area contributed by atoms with Crippen molar-refractivity contribution in [3.05, 3.63) is 86.4 Å². The highest BCUT2D eigenvalue weighted by Crippen LogP contribution is 2.59. The molecule has 0 unspecified atom stereocenters. The summed E-state index contributed by atoms with van der Waals surface area (Å²) >= 11 is 0. The Hall–Kier alpha value is -3.82. The molecule has 1 saturated heterocycles. The van der Waals surface area contributed by atoms with Crippen LogP contribution in [0.1, 0.15) is 87.5 Å². The number of nitrogens with zero attached hydrogens (tertiary/aromatic N) is 2. The molecule has 1 saturated carbocycles. The van der Waals surface area contributed by atoms with Gasteiger partial charge >= 0.3 is 11.6 Å². The maximum absolute atomic E-state index is 14.2. The monoisotopic (exact) mass is 844 g/mol. The van der Waals surface area contributed by atoms with Crippen molar-refractivity contribution < 1.29 is 33.7 Å².